The molecular formula is C9H12F3N3O2. The van der Waals surface area contributed by atoms with E-state index in [1.165, 1.54) is 7.11 Å². The standard InChI is InChI=1S/C9H12F3N3O2/c1-17-5-6(16)4-13-8-3-2-7(14-15-8)9(10,11)12/h2-3,6,16H,4-5H2,1H3,(H,13,15). The largest absolute Gasteiger partial charge is 0.435 e. The molecule has 0 saturated carbocycles. The predicted octanol–water partition coefficient (Wildman–Crippen LogP) is 0.915. The maximum atomic E-state index is 12.2. The smallest absolute Gasteiger partial charge is 0.389 e. The number of aliphatic hydroxyl groups is 1. The number of methoxy groups -OCH3 is 1. The van der Waals surface area contributed by atoms with Gasteiger partial charge in [0, 0.05) is 13.7 Å². The lowest BCUT2D eigenvalue weighted by Gasteiger charge is -2.11. The molecule has 5 nitrogen and oxygen atoms in total. The maximum absolute atomic E-state index is 12.2. The van der Waals surface area contributed by atoms with Crippen LogP contribution in [0.2, 0.25) is 0 Å². The summed E-state index contributed by atoms with van der Waals surface area (Å²) in [6.45, 7) is 0.245. The Balaban J connectivity index is 2.51. The zero-order valence-electron chi connectivity index (χ0n) is 9.03. The van der Waals surface area contributed by atoms with Crippen molar-refractivity contribution in [3.05, 3.63) is 17.8 Å². The van der Waals surface area contributed by atoms with Gasteiger partial charge in [-0.1, -0.05) is 0 Å². The van der Waals surface area contributed by atoms with Crippen LogP contribution in [0, 0.1) is 0 Å². The van der Waals surface area contributed by atoms with Gasteiger partial charge in [0.25, 0.3) is 0 Å². The summed E-state index contributed by atoms with van der Waals surface area (Å²) in [4.78, 5) is 0. The van der Waals surface area contributed by atoms with Gasteiger partial charge in [0.2, 0.25) is 0 Å². The highest BCUT2D eigenvalue weighted by Crippen LogP contribution is 2.26. The summed E-state index contributed by atoms with van der Waals surface area (Å²) in [7, 11) is 1.43. The fraction of sp³-hybridized carbons (Fsp3) is 0.556. The first-order valence-electron chi connectivity index (χ1n) is 4.75. The summed E-state index contributed by atoms with van der Waals surface area (Å²) in [5.41, 5.74) is -1.06. The van der Waals surface area contributed by atoms with E-state index in [-0.39, 0.29) is 19.0 Å². The van der Waals surface area contributed by atoms with Gasteiger partial charge in [-0.2, -0.15) is 13.2 Å². The molecule has 0 aliphatic rings. The highest BCUT2D eigenvalue weighted by atomic mass is 19.4. The van der Waals surface area contributed by atoms with Crippen molar-refractivity contribution in [1.82, 2.24) is 10.2 Å². The summed E-state index contributed by atoms with van der Waals surface area (Å²) in [6.07, 6.45) is -5.26. The summed E-state index contributed by atoms with van der Waals surface area (Å²) < 4.78 is 41.1. The Labute approximate surface area is 95.6 Å². The number of hydrogen-bond acceptors (Lipinski definition) is 5. The SMILES string of the molecule is COCC(O)CNc1ccc(C(F)(F)F)nn1. The van der Waals surface area contributed by atoms with Gasteiger partial charge in [0.05, 0.1) is 12.7 Å². The van der Waals surface area contributed by atoms with E-state index >= 15 is 0 Å². The number of aromatic nitrogens is 2. The Bertz CT molecular complexity index is 342. The van der Waals surface area contributed by atoms with Gasteiger partial charge in [-0.25, -0.2) is 0 Å². The molecular weight excluding hydrogens is 239 g/mol. The van der Waals surface area contributed by atoms with Crippen LogP contribution in [0.15, 0.2) is 12.1 Å². The third kappa shape index (κ3) is 4.53. The molecule has 1 rings (SSSR count). The van der Waals surface area contributed by atoms with Crippen molar-refractivity contribution < 1.29 is 23.0 Å². The van der Waals surface area contributed by atoms with Crippen molar-refractivity contribution in [2.24, 2.45) is 0 Å². The first-order chi connectivity index (χ1) is 7.93. The zero-order chi connectivity index (χ0) is 12.9. The number of ether oxygens (including phenoxy) is 1. The number of hydrogen-bond donors (Lipinski definition) is 2. The van der Waals surface area contributed by atoms with Gasteiger partial charge in [-0.3, -0.25) is 0 Å². The van der Waals surface area contributed by atoms with Crippen molar-refractivity contribution in [2.75, 3.05) is 25.6 Å². The minimum Gasteiger partial charge on any atom is -0.389 e. The maximum Gasteiger partial charge on any atom is 0.435 e. The summed E-state index contributed by atoms with van der Waals surface area (Å²) in [5.74, 6) is 0.160. The average Bonchev–Trinajstić information content (AvgIpc) is 2.26. The highest BCUT2D eigenvalue weighted by molar-refractivity contribution is 5.33. The first-order valence-corrected chi connectivity index (χ1v) is 4.75. The Hall–Kier alpha value is -1.41. The van der Waals surface area contributed by atoms with Crippen LogP contribution in [-0.4, -0.2) is 41.7 Å². The van der Waals surface area contributed by atoms with Crippen LogP contribution in [0.25, 0.3) is 0 Å². The number of aliphatic hydroxyl groups excluding tert-OH is 1. The Morgan fingerprint density at radius 3 is 2.59 bits per heavy atom. The fourth-order valence-electron chi connectivity index (χ4n) is 1.05. The van der Waals surface area contributed by atoms with Crippen LogP contribution in [0.1, 0.15) is 5.69 Å². The van der Waals surface area contributed by atoms with Gasteiger partial charge in [-0.15, -0.1) is 10.2 Å². The van der Waals surface area contributed by atoms with Crippen LogP contribution in [0.4, 0.5) is 19.0 Å². The molecule has 0 bridgehead atoms. The topological polar surface area (TPSA) is 67.3 Å². The zero-order valence-corrected chi connectivity index (χ0v) is 9.03. The average molecular weight is 251 g/mol. The van der Waals surface area contributed by atoms with E-state index in [1.54, 1.807) is 0 Å². The molecule has 1 aromatic rings. The lowest BCUT2D eigenvalue weighted by molar-refractivity contribution is -0.141. The normalized spacial score (nSPS) is 13.5. The van der Waals surface area contributed by atoms with Crippen LogP contribution >= 0.6 is 0 Å². The quantitative estimate of drug-likeness (QED) is 0.814. The second-order valence-electron chi connectivity index (χ2n) is 3.29. The van der Waals surface area contributed by atoms with Crippen LogP contribution in [0.3, 0.4) is 0 Å². The van der Waals surface area contributed by atoms with E-state index in [0.717, 1.165) is 12.1 Å². The van der Waals surface area contributed by atoms with Crippen molar-refractivity contribution in [3.8, 4) is 0 Å². The molecule has 8 heteroatoms. The molecule has 0 aromatic carbocycles. The van der Waals surface area contributed by atoms with Gasteiger partial charge in [0.15, 0.2) is 5.69 Å². The van der Waals surface area contributed by atoms with E-state index < -0.39 is 18.0 Å². The molecule has 0 aliphatic carbocycles. The first kappa shape index (κ1) is 13.7. The summed E-state index contributed by atoms with van der Waals surface area (Å²) in [5, 5.41) is 18.3. The molecule has 0 spiro atoms. The lowest BCUT2D eigenvalue weighted by Crippen LogP contribution is -2.24. The predicted molar refractivity (Wildman–Crippen MR) is 53.4 cm³/mol. The molecule has 0 aliphatic heterocycles. The number of nitrogens with one attached hydrogen (secondary N) is 1. The second-order valence-corrected chi connectivity index (χ2v) is 3.29. The molecule has 0 amide bonds. The molecule has 1 atom stereocenters. The number of halogens is 3. The number of nitrogens with zero attached hydrogens (tertiary/aromatic N) is 2. The Kier molecular flexibility index (Phi) is 4.64. The van der Waals surface area contributed by atoms with Crippen molar-refractivity contribution >= 4 is 5.82 Å². The molecule has 0 radical (unpaired) electrons. The fourth-order valence-corrected chi connectivity index (χ4v) is 1.05. The summed E-state index contributed by atoms with van der Waals surface area (Å²) in [6, 6.07) is 1.97. The van der Waals surface area contributed by atoms with Gasteiger partial charge < -0.3 is 15.2 Å². The molecule has 2 N–H and O–H groups in total. The molecule has 1 aromatic heterocycles. The summed E-state index contributed by atoms with van der Waals surface area (Å²) >= 11 is 0. The third-order valence-electron chi connectivity index (χ3n) is 1.83. The minimum atomic E-state index is -4.50. The number of anilines is 1. The van der Waals surface area contributed by atoms with E-state index in [1.807, 2.05) is 0 Å². The van der Waals surface area contributed by atoms with E-state index in [0.29, 0.717) is 0 Å². The van der Waals surface area contributed by atoms with E-state index in [4.69, 9.17) is 0 Å². The molecule has 17 heavy (non-hydrogen) atoms. The Morgan fingerprint density at radius 1 is 1.41 bits per heavy atom. The molecule has 0 fully saturated rings. The van der Waals surface area contributed by atoms with E-state index in [9.17, 15) is 18.3 Å². The minimum absolute atomic E-state index is 0.119. The lowest BCUT2D eigenvalue weighted by atomic mass is 10.3. The van der Waals surface area contributed by atoms with Crippen molar-refractivity contribution in [2.45, 2.75) is 12.3 Å². The van der Waals surface area contributed by atoms with Crippen LogP contribution < -0.4 is 5.32 Å². The van der Waals surface area contributed by atoms with Crippen molar-refractivity contribution in [3.63, 3.8) is 0 Å². The molecule has 0 saturated heterocycles. The highest BCUT2D eigenvalue weighted by Gasteiger charge is 2.32. The molecule has 96 valence electrons. The van der Waals surface area contributed by atoms with Crippen LogP contribution in [-0.2, 0) is 10.9 Å². The Morgan fingerprint density at radius 2 is 2.12 bits per heavy atom. The molecule has 1 heterocycles. The number of alkyl halides is 3. The van der Waals surface area contributed by atoms with Crippen LogP contribution in [0.5, 0.6) is 0 Å². The number of rotatable bonds is 5. The van der Waals surface area contributed by atoms with Gasteiger partial charge in [0.1, 0.15) is 5.82 Å². The molecule has 1 unspecified atom stereocenters. The van der Waals surface area contributed by atoms with Gasteiger partial charge >= 0.3 is 6.18 Å². The second kappa shape index (κ2) is 5.78. The third-order valence-corrected chi connectivity index (χ3v) is 1.83. The monoisotopic (exact) mass is 251 g/mol. The van der Waals surface area contributed by atoms with Crippen molar-refractivity contribution in [1.29, 1.82) is 0 Å². The van der Waals surface area contributed by atoms with Gasteiger partial charge in [-0.05, 0) is 12.1 Å². The van der Waals surface area contributed by atoms with E-state index in [2.05, 4.69) is 20.3 Å².